The maximum absolute atomic E-state index is 11.5. The first-order chi connectivity index (χ1) is 9.74. The van der Waals surface area contributed by atoms with Crippen LogP contribution in [0.3, 0.4) is 0 Å². The summed E-state index contributed by atoms with van der Waals surface area (Å²) in [5.74, 6) is -0.625. The standard InChI is InChI=1S/C16H19NO3/c1-2-3-4-7-10-20-14-11-17-13-9-6-5-8-12(13)15(14)16(18)19/h5-6,8-9,11H,2-4,7,10H2,1H3,(H,18,19). The summed E-state index contributed by atoms with van der Waals surface area (Å²) in [4.78, 5) is 15.7. The Labute approximate surface area is 118 Å². The second-order valence-corrected chi connectivity index (χ2v) is 4.73. The lowest BCUT2D eigenvalue weighted by molar-refractivity contribution is 0.0694. The molecule has 0 aliphatic heterocycles. The normalized spacial score (nSPS) is 10.7. The zero-order valence-corrected chi connectivity index (χ0v) is 11.6. The summed E-state index contributed by atoms with van der Waals surface area (Å²) in [7, 11) is 0. The van der Waals surface area contributed by atoms with Crippen molar-refractivity contribution in [3.63, 3.8) is 0 Å². The molecule has 0 saturated heterocycles. The van der Waals surface area contributed by atoms with Crippen LogP contribution in [0, 0.1) is 0 Å². The van der Waals surface area contributed by atoms with Crippen LogP contribution in [0.4, 0.5) is 0 Å². The van der Waals surface area contributed by atoms with Gasteiger partial charge in [0.05, 0.1) is 18.3 Å². The van der Waals surface area contributed by atoms with E-state index in [0.29, 0.717) is 23.3 Å². The van der Waals surface area contributed by atoms with Gasteiger partial charge in [0.25, 0.3) is 0 Å². The van der Waals surface area contributed by atoms with Gasteiger partial charge in [-0.05, 0) is 12.5 Å². The van der Waals surface area contributed by atoms with Crippen molar-refractivity contribution in [3.05, 3.63) is 36.0 Å². The molecule has 1 heterocycles. The number of unbranched alkanes of at least 4 members (excludes halogenated alkanes) is 3. The highest BCUT2D eigenvalue weighted by Crippen LogP contribution is 2.26. The molecule has 2 aromatic rings. The Hall–Kier alpha value is -2.10. The smallest absolute Gasteiger partial charge is 0.340 e. The molecule has 0 spiro atoms. The largest absolute Gasteiger partial charge is 0.491 e. The van der Waals surface area contributed by atoms with Gasteiger partial charge in [-0.3, -0.25) is 4.98 Å². The molecule has 2 rings (SSSR count). The van der Waals surface area contributed by atoms with Crippen molar-refractivity contribution >= 4 is 16.9 Å². The number of carbonyl (C=O) groups is 1. The molecule has 0 saturated carbocycles. The second-order valence-electron chi connectivity index (χ2n) is 4.73. The van der Waals surface area contributed by atoms with Crippen molar-refractivity contribution in [2.75, 3.05) is 6.61 Å². The van der Waals surface area contributed by atoms with Gasteiger partial charge in [0.2, 0.25) is 0 Å². The fourth-order valence-corrected chi connectivity index (χ4v) is 2.16. The molecule has 106 valence electrons. The summed E-state index contributed by atoms with van der Waals surface area (Å²) in [5.41, 5.74) is 0.870. The highest BCUT2D eigenvalue weighted by Gasteiger charge is 2.16. The van der Waals surface area contributed by atoms with Crippen molar-refractivity contribution in [3.8, 4) is 5.75 Å². The van der Waals surface area contributed by atoms with Crippen LogP contribution >= 0.6 is 0 Å². The number of aromatic carboxylic acids is 1. The lowest BCUT2D eigenvalue weighted by Crippen LogP contribution is -2.06. The number of carboxylic acids is 1. The van der Waals surface area contributed by atoms with Crippen LogP contribution in [0.5, 0.6) is 5.75 Å². The molecule has 4 nitrogen and oxygen atoms in total. The number of ether oxygens (including phenoxy) is 1. The van der Waals surface area contributed by atoms with Crippen LogP contribution in [0.25, 0.3) is 10.9 Å². The number of nitrogens with zero attached hydrogens (tertiary/aromatic N) is 1. The Bertz CT molecular complexity index is 595. The molecule has 20 heavy (non-hydrogen) atoms. The zero-order chi connectivity index (χ0) is 14.4. The summed E-state index contributed by atoms with van der Waals surface area (Å²) in [6.45, 7) is 2.68. The number of aromatic nitrogens is 1. The molecular weight excluding hydrogens is 254 g/mol. The predicted octanol–water partition coefficient (Wildman–Crippen LogP) is 3.89. The Kier molecular flexibility index (Phi) is 4.93. The summed E-state index contributed by atoms with van der Waals surface area (Å²) >= 11 is 0. The van der Waals surface area contributed by atoms with Crippen LogP contribution in [0.2, 0.25) is 0 Å². The van der Waals surface area contributed by atoms with Gasteiger partial charge in [-0.25, -0.2) is 4.79 Å². The van der Waals surface area contributed by atoms with E-state index in [4.69, 9.17) is 4.74 Å². The number of benzene rings is 1. The first-order valence-electron chi connectivity index (χ1n) is 6.98. The molecule has 0 fully saturated rings. The molecule has 0 aliphatic rings. The molecule has 4 heteroatoms. The van der Waals surface area contributed by atoms with Crippen LogP contribution in [-0.4, -0.2) is 22.7 Å². The Morgan fingerprint density at radius 1 is 1.25 bits per heavy atom. The molecule has 0 atom stereocenters. The molecule has 0 unspecified atom stereocenters. The molecule has 1 aromatic carbocycles. The van der Waals surface area contributed by atoms with Crippen LogP contribution in [0.1, 0.15) is 43.0 Å². The van der Waals surface area contributed by atoms with Crippen molar-refractivity contribution < 1.29 is 14.6 Å². The van der Waals surface area contributed by atoms with E-state index < -0.39 is 5.97 Å². The van der Waals surface area contributed by atoms with E-state index >= 15 is 0 Å². The van der Waals surface area contributed by atoms with E-state index in [9.17, 15) is 9.90 Å². The van der Waals surface area contributed by atoms with E-state index in [-0.39, 0.29) is 5.56 Å². The minimum Gasteiger partial charge on any atom is -0.491 e. The molecule has 1 N–H and O–H groups in total. The third kappa shape index (κ3) is 3.26. The van der Waals surface area contributed by atoms with E-state index in [1.165, 1.54) is 12.6 Å². The molecule has 0 aliphatic carbocycles. The average molecular weight is 273 g/mol. The van der Waals surface area contributed by atoms with Gasteiger partial charge in [-0.1, -0.05) is 44.4 Å². The Balaban J connectivity index is 2.20. The molecule has 0 bridgehead atoms. The summed E-state index contributed by atoms with van der Waals surface area (Å²) < 4.78 is 5.61. The zero-order valence-electron chi connectivity index (χ0n) is 11.6. The summed E-state index contributed by atoms with van der Waals surface area (Å²) in [5, 5.41) is 10.0. The highest BCUT2D eigenvalue weighted by atomic mass is 16.5. The van der Waals surface area contributed by atoms with Crippen LogP contribution in [0.15, 0.2) is 30.5 Å². The van der Waals surface area contributed by atoms with Crippen LogP contribution in [-0.2, 0) is 0 Å². The van der Waals surface area contributed by atoms with E-state index in [1.54, 1.807) is 12.1 Å². The number of hydrogen-bond acceptors (Lipinski definition) is 3. The van der Waals surface area contributed by atoms with E-state index in [0.717, 1.165) is 19.3 Å². The quantitative estimate of drug-likeness (QED) is 0.777. The lowest BCUT2D eigenvalue weighted by atomic mass is 10.1. The van der Waals surface area contributed by atoms with Gasteiger partial charge in [0, 0.05) is 5.39 Å². The Morgan fingerprint density at radius 2 is 2.05 bits per heavy atom. The van der Waals surface area contributed by atoms with Crippen molar-refractivity contribution in [2.45, 2.75) is 32.6 Å². The first kappa shape index (κ1) is 14.3. The fourth-order valence-electron chi connectivity index (χ4n) is 2.16. The van der Waals surface area contributed by atoms with Crippen molar-refractivity contribution in [1.29, 1.82) is 0 Å². The lowest BCUT2D eigenvalue weighted by Gasteiger charge is -2.10. The first-order valence-corrected chi connectivity index (χ1v) is 6.98. The second kappa shape index (κ2) is 6.89. The molecule has 0 amide bonds. The van der Waals surface area contributed by atoms with Crippen LogP contribution < -0.4 is 4.74 Å². The minimum atomic E-state index is -0.979. The van der Waals surface area contributed by atoms with Gasteiger partial charge in [-0.2, -0.15) is 0 Å². The molecule has 1 aromatic heterocycles. The predicted molar refractivity (Wildman–Crippen MR) is 78.3 cm³/mol. The molecule has 0 radical (unpaired) electrons. The monoisotopic (exact) mass is 273 g/mol. The maximum atomic E-state index is 11.5. The van der Waals surface area contributed by atoms with Gasteiger partial charge in [0.15, 0.2) is 5.75 Å². The van der Waals surface area contributed by atoms with Gasteiger partial charge >= 0.3 is 5.97 Å². The third-order valence-electron chi connectivity index (χ3n) is 3.21. The topological polar surface area (TPSA) is 59.4 Å². The number of hydrogen-bond donors (Lipinski definition) is 1. The SMILES string of the molecule is CCCCCCOc1cnc2ccccc2c1C(=O)O. The number of rotatable bonds is 7. The van der Waals surface area contributed by atoms with E-state index in [2.05, 4.69) is 11.9 Å². The highest BCUT2D eigenvalue weighted by molar-refractivity contribution is 6.04. The average Bonchev–Trinajstić information content (AvgIpc) is 2.46. The minimum absolute atomic E-state index is 0.200. The number of para-hydroxylation sites is 1. The maximum Gasteiger partial charge on any atom is 0.340 e. The van der Waals surface area contributed by atoms with E-state index in [1.807, 2.05) is 12.1 Å². The van der Waals surface area contributed by atoms with Crippen molar-refractivity contribution in [1.82, 2.24) is 4.98 Å². The summed E-state index contributed by atoms with van der Waals surface area (Å²) in [6.07, 6.45) is 5.87. The number of fused-ring (bicyclic) bond motifs is 1. The number of pyridine rings is 1. The third-order valence-corrected chi connectivity index (χ3v) is 3.21. The Morgan fingerprint density at radius 3 is 2.80 bits per heavy atom. The fraction of sp³-hybridized carbons (Fsp3) is 0.375. The molecular formula is C16H19NO3. The van der Waals surface area contributed by atoms with Gasteiger partial charge < -0.3 is 9.84 Å². The van der Waals surface area contributed by atoms with Gasteiger partial charge in [-0.15, -0.1) is 0 Å². The van der Waals surface area contributed by atoms with Gasteiger partial charge in [0.1, 0.15) is 5.56 Å². The summed E-state index contributed by atoms with van der Waals surface area (Å²) in [6, 6.07) is 7.20. The number of carboxylic acid groups (broad SMARTS) is 1. The van der Waals surface area contributed by atoms with Crippen molar-refractivity contribution in [2.24, 2.45) is 0 Å².